The first-order valence-electron chi connectivity index (χ1n) is 11.6. The average Bonchev–Trinajstić information content (AvgIpc) is 3.29. The molecular weight excluding hydrogens is 485 g/mol. The van der Waals surface area contributed by atoms with E-state index in [2.05, 4.69) is 4.98 Å². The summed E-state index contributed by atoms with van der Waals surface area (Å²) in [6, 6.07) is 15.6. The molecule has 1 N–H and O–H groups in total. The SMILES string of the molecule is COC(=O)[C@H]1Cc2c([nH]c3ccccc23)[C@H](c2ccccc2)N1C(=O)COc1c(F)c(C)cc(F)c1F. The molecule has 0 spiro atoms. The second kappa shape index (κ2) is 9.65. The van der Waals surface area contributed by atoms with Crippen LogP contribution < -0.4 is 4.74 Å². The summed E-state index contributed by atoms with van der Waals surface area (Å²) in [5.74, 6) is -6.29. The molecule has 1 amide bonds. The monoisotopic (exact) mass is 508 g/mol. The summed E-state index contributed by atoms with van der Waals surface area (Å²) in [4.78, 5) is 31.3. The van der Waals surface area contributed by atoms with Crippen molar-refractivity contribution in [3.63, 3.8) is 0 Å². The van der Waals surface area contributed by atoms with Crippen LogP contribution in [-0.2, 0) is 20.7 Å². The lowest BCUT2D eigenvalue weighted by molar-refractivity contribution is -0.156. The van der Waals surface area contributed by atoms with E-state index in [1.165, 1.54) is 18.9 Å². The summed E-state index contributed by atoms with van der Waals surface area (Å²) in [6.07, 6.45) is 0.156. The maximum atomic E-state index is 14.5. The number of fused-ring (bicyclic) bond motifs is 3. The lowest BCUT2D eigenvalue weighted by Gasteiger charge is -2.40. The zero-order valence-electron chi connectivity index (χ0n) is 20.1. The normalized spacial score (nSPS) is 16.9. The van der Waals surface area contributed by atoms with E-state index in [1.54, 1.807) is 12.1 Å². The Labute approximate surface area is 210 Å². The van der Waals surface area contributed by atoms with Gasteiger partial charge in [0.25, 0.3) is 5.91 Å². The fraction of sp³-hybridized carbons (Fsp3) is 0.214. The first-order valence-corrected chi connectivity index (χ1v) is 11.6. The van der Waals surface area contributed by atoms with Gasteiger partial charge in [-0.05, 0) is 35.7 Å². The van der Waals surface area contributed by atoms with Crippen LogP contribution in [0.5, 0.6) is 5.75 Å². The van der Waals surface area contributed by atoms with Gasteiger partial charge in [-0.25, -0.2) is 13.6 Å². The van der Waals surface area contributed by atoms with Crippen molar-refractivity contribution in [2.75, 3.05) is 13.7 Å². The quantitative estimate of drug-likeness (QED) is 0.305. The Hall–Kier alpha value is -4.27. The molecule has 0 saturated heterocycles. The first kappa shape index (κ1) is 24.4. The van der Waals surface area contributed by atoms with E-state index in [0.29, 0.717) is 17.3 Å². The zero-order valence-corrected chi connectivity index (χ0v) is 20.1. The minimum atomic E-state index is -1.53. The van der Waals surface area contributed by atoms with Crippen LogP contribution in [0.25, 0.3) is 10.9 Å². The fourth-order valence-corrected chi connectivity index (χ4v) is 4.93. The third kappa shape index (κ3) is 4.20. The predicted octanol–water partition coefficient (Wildman–Crippen LogP) is 4.99. The lowest BCUT2D eigenvalue weighted by Crippen LogP contribution is -2.53. The largest absolute Gasteiger partial charge is 0.478 e. The van der Waals surface area contributed by atoms with Gasteiger partial charge in [0.2, 0.25) is 5.82 Å². The first-order chi connectivity index (χ1) is 17.8. The second-order valence-electron chi connectivity index (χ2n) is 8.84. The summed E-state index contributed by atoms with van der Waals surface area (Å²) in [5, 5.41) is 0.912. The number of aromatic nitrogens is 1. The molecule has 0 bridgehead atoms. The van der Waals surface area contributed by atoms with Crippen LogP contribution in [0.3, 0.4) is 0 Å². The predicted molar refractivity (Wildman–Crippen MR) is 129 cm³/mol. The molecule has 0 fully saturated rings. The summed E-state index contributed by atoms with van der Waals surface area (Å²) in [6.45, 7) is 0.427. The smallest absolute Gasteiger partial charge is 0.328 e. The van der Waals surface area contributed by atoms with Gasteiger partial charge >= 0.3 is 5.97 Å². The van der Waals surface area contributed by atoms with Crippen LogP contribution in [0.1, 0.15) is 28.4 Å². The zero-order chi connectivity index (χ0) is 26.3. The molecule has 2 atom stereocenters. The molecule has 5 rings (SSSR count). The van der Waals surface area contributed by atoms with Gasteiger partial charge in [-0.1, -0.05) is 48.5 Å². The minimum absolute atomic E-state index is 0.156. The van der Waals surface area contributed by atoms with E-state index in [1.807, 2.05) is 42.5 Å². The van der Waals surface area contributed by atoms with Crippen molar-refractivity contribution in [1.29, 1.82) is 0 Å². The Morgan fingerprint density at radius 1 is 1.03 bits per heavy atom. The lowest BCUT2D eigenvalue weighted by atomic mass is 9.88. The Balaban J connectivity index is 1.60. The topological polar surface area (TPSA) is 71.6 Å². The highest BCUT2D eigenvalue weighted by Gasteiger charge is 2.44. The number of methoxy groups -OCH3 is 1. The molecule has 4 aromatic rings. The van der Waals surface area contributed by atoms with Crippen LogP contribution in [0.4, 0.5) is 13.2 Å². The number of amides is 1. The number of aromatic amines is 1. The number of hydrogen-bond donors (Lipinski definition) is 1. The van der Waals surface area contributed by atoms with Gasteiger partial charge in [-0.2, -0.15) is 4.39 Å². The number of esters is 1. The Bertz CT molecular complexity index is 1480. The van der Waals surface area contributed by atoms with E-state index in [-0.39, 0.29) is 12.0 Å². The molecular formula is C28H23F3N2O4. The summed E-state index contributed by atoms with van der Waals surface area (Å²) in [7, 11) is 1.23. The van der Waals surface area contributed by atoms with Gasteiger partial charge < -0.3 is 19.4 Å². The number of carbonyl (C=O) groups is 2. The van der Waals surface area contributed by atoms with E-state index in [0.717, 1.165) is 16.5 Å². The molecule has 0 aliphatic carbocycles. The molecule has 3 aromatic carbocycles. The maximum absolute atomic E-state index is 14.5. The minimum Gasteiger partial charge on any atom is -0.478 e. The van der Waals surface area contributed by atoms with Crippen molar-refractivity contribution in [2.45, 2.75) is 25.4 Å². The highest BCUT2D eigenvalue weighted by molar-refractivity contribution is 5.91. The Morgan fingerprint density at radius 2 is 1.73 bits per heavy atom. The summed E-state index contributed by atoms with van der Waals surface area (Å²) in [5.41, 5.74) is 2.94. The van der Waals surface area contributed by atoms with Gasteiger partial charge in [-0.3, -0.25) is 4.79 Å². The van der Waals surface area contributed by atoms with Gasteiger partial charge in [0.1, 0.15) is 6.04 Å². The van der Waals surface area contributed by atoms with E-state index >= 15 is 0 Å². The van der Waals surface area contributed by atoms with E-state index in [9.17, 15) is 22.8 Å². The number of hydrogen-bond acceptors (Lipinski definition) is 4. The highest BCUT2D eigenvalue weighted by Crippen LogP contribution is 2.41. The molecule has 1 aliphatic heterocycles. The molecule has 0 radical (unpaired) electrons. The summed E-state index contributed by atoms with van der Waals surface area (Å²) < 4.78 is 52.9. The maximum Gasteiger partial charge on any atom is 0.328 e. The number of H-pyrrole nitrogens is 1. The van der Waals surface area contributed by atoms with Crippen molar-refractivity contribution < 1.29 is 32.2 Å². The molecule has 9 heteroatoms. The number of rotatable bonds is 5. The van der Waals surface area contributed by atoms with Gasteiger partial charge in [-0.15, -0.1) is 0 Å². The van der Waals surface area contributed by atoms with Crippen LogP contribution in [0.2, 0.25) is 0 Å². The van der Waals surface area contributed by atoms with Crippen molar-refractivity contribution in [3.8, 4) is 5.75 Å². The molecule has 0 saturated carbocycles. The average molecular weight is 508 g/mol. The number of aryl methyl sites for hydroxylation is 1. The van der Waals surface area contributed by atoms with Crippen LogP contribution in [0, 0.1) is 24.4 Å². The Kier molecular flexibility index (Phi) is 6.37. The standard InChI is InChI=1S/C28H23F3N2O4/c1-15-12-19(29)24(31)27(23(15)30)37-14-22(34)33-21(28(35)36-2)13-18-17-10-6-7-11-20(17)32-25(18)26(33)16-8-4-3-5-9-16/h3-12,21,26,32H,13-14H2,1-2H3/t21-,26+/m1/s1. The van der Waals surface area contributed by atoms with Crippen molar-refractivity contribution in [2.24, 2.45) is 0 Å². The second-order valence-corrected chi connectivity index (χ2v) is 8.84. The number of ether oxygens (including phenoxy) is 2. The number of nitrogens with one attached hydrogen (secondary N) is 1. The molecule has 190 valence electrons. The summed E-state index contributed by atoms with van der Waals surface area (Å²) >= 11 is 0. The molecule has 1 aliphatic rings. The molecule has 2 heterocycles. The number of halogens is 3. The van der Waals surface area contributed by atoms with Crippen LogP contribution in [0.15, 0.2) is 60.7 Å². The van der Waals surface area contributed by atoms with Crippen molar-refractivity contribution in [3.05, 3.63) is 100 Å². The Morgan fingerprint density at radius 3 is 2.46 bits per heavy atom. The van der Waals surface area contributed by atoms with Gasteiger partial charge in [0.15, 0.2) is 24.0 Å². The van der Waals surface area contributed by atoms with E-state index < -0.39 is 53.8 Å². The highest BCUT2D eigenvalue weighted by atomic mass is 19.2. The fourth-order valence-electron chi connectivity index (χ4n) is 4.93. The van der Waals surface area contributed by atoms with Gasteiger partial charge in [0.05, 0.1) is 13.2 Å². The third-order valence-corrected chi connectivity index (χ3v) is 6.65. The molecule has 0 unspecified atom stereocenters. The number of para-hydroxylation sites is 1. The van der Waals surface area contributed by atoms with E-state index in [4.69, 9.17) is 9.47 Å². The van der Waals surface area contributed by atoms with Crippen LogP contribution >= 0.6 is 0 Å². The number of nitrogens with zero attached hydrogens (tertiary/aromatic N) is 1. The van der Waals surface area contributed by atoms with Gasteiger partial charge in [0, 0.05) is 23.0 Å². The molecule has 1 aromatic heterocycles. The number of carbonyl (C=O) groups excluding carboxylic acids is 2. The number of benzene rings is 3. The third-order valence-electron chi connectivity index (χ3n) is 6.65. The molecule has 6 nitrogen and oxygen atoms in total. The van der Waals surface area contributed by atoms with Crippen LogP contribution in [-0.4, -0.2) is 41.5 Å². The van der Waals surface area contributed by atoms with Crippen molar-refractivity contribution in [1.82, 2.24) is 9.88 Å². The van der Waals surface area contributed by atoms with Crippen molar-refractivity contribution >= 4 is 22.8 Å². The molecule has 37 heavy (non-hydrogen) atoms.